The molecule has 0 unspecified atom stereocenters. The Kier molecular flexibility index (Phi) is 10.3. The summed E-state index contributed by atoms with van der Waals surface area (Å²) in [7, 11) is 1.47. The maximum absolute atomic E-state index is 11.0. The monoisotopic (exact) mass is 604 g/mol. The van der Waals surface area contributed by atoms with Crippen molar-refractivity contribution in [3.63, 3.8) is 0 Å². The van der Waals surface area contributed by atoms with Crippen LogP contribution in [-0.4, -0.2) is 41.3 Å². The maximum atomic E-state index is 11.0. The number of anilines is 1. The van der Waals surface area contributed by atoms with Crippen molar-refractivity contribution in [3.05, 3.63) is 87.4 Å². The van der Waals surface area contributed by atoms with Gasteiger partial charge in [-0.2, -0.15) is 0 Å². The second kappa shape index (κ2) is 14.3. The van der Waals surface area contributed by atoms with Gasteiger partial charge in [-0.25, -0.2) is 0 Å². The Bertz CT molecular complexity index is 1710. The lowest BCUT2D eigenvalue weighted by molar-refractivity contribution is -0.384. The van der Waals surface area contributed by atoms with E-state index >= 15 is 0 Å². The summed E-state index contributed by atoms with van der Waals surface area (Å²) in [4.78, 5) is 23.5. The number of non-ortho nitro benzene ring substituents is 1. The zero-order chi connectivity index (χ0) is 30.9. The van der Waals surface area contributed by atoms with Gasteiger partial charge in [-0.3, -0.25) is 14.9 Å². The van der Waals surface area contributed by atoms with Crippen LogP contribution in [0, 0.1) is 10.1 Å². The molecular formula is C30H29ClN6O6. The largest absolute Gasteiger partial charge is 0.494 e. The van der Waals surface area contributed by atoms with Crippen LogP contribution < -0.4 is 9.64 Å². The number of carboxylic acids is 1. The minimum absolute atomic E-state index is 0.0569. The van der Waals surface area contributed by atoms with Gasteiger partial charge in [0.2, 0.25) is 0 Å². The summed E-state index contributed by atoms with van der Waals surface area (Å²) in [5, 5.41) is 49.1. The number of carbonyl (C=O) groups is 1. The molecule has 0 aromatic heterocycles. The third-order valence-electron chi connectivity index (χ3n) is 6.64. The molecule has 0 aliphatic carbocycles. The molecule has 0 heterocycles. The van der Waals surface area contributed by atoms with E-state index in [1.54, 1.807) is 12.1 Å². The van der Waals surface area contributed by atoms with Crippen molar-refractivity contribution in [2.24, 2.45) is 20.5 Å². The van der Waals surface area contributed by atoms with Gasteiger partial charge in [-0.1, -0.05) is 35.9 Å². The molecule has 4 rings (SSSR count). The second-order valence-corrected chi connectivity index (χ2v) is 9.74. The van der Waals surface area contributed by atoms with Gasteiger partial charge in [0.1, 0.15) is 17.1 Å². The van der Waals surface area contributed by atoms with Crippen molar-refractivity contribution >= 4 is 62.5 Å². The molecule has 0 radical (unpaired) electrons. The van der Waals surface area contributed by atoms with E-state index in [2.05, 4.69) is 25.4 Å². The number of azo groups is 2. The van der Waals surface area contributed by atoms with Crippen LogP contribution >= 0.6 is 11.6 Å². The molecule has 0 aliphatic rings. The first-order chi connectivity index (χ1) is 20.7. The molecule has 2 N–H and O–H groups in total. The summed E-state index contributed by atoms with van der Waals surface area (Å²) >= 11 is 6.12. The van der Waals surface area contributed by atoms with E-state index in [1.807, 2.05) is 43.3 Å². The van der Waals surface area contributed by atoms with E-state index in [1.165, 1.54) is 25.3 Å². The summed E-state index contributed by atoms with van der Waals surface area (Å²) in [6.07, 6.45) is 0.631. The smallest absolute Gasteiger partial charge is 0.303 e. The number of nitro benzene ring substituents is 1. The highest BCUT2D eigenvalue weighted by atomic mass is 35.5. The zero-order valence-corrected chi connectivity index (χ0v) is 24.2. The molecule has 0 bridgehead atoms. The molecule has 0 atom stereocenters. The fraction of sp³-hybridized carbons (Fsp3) is 0.233. The van der Waals surface area contributed by atoms with Crippen molar-refractivity contribution in [2.75, 3.05) is 25.1 Å². The number of methoxy groups -OCH3 is 1. The molecule has 0 saturated carbocycles. The minimum Gasteiger partial charge on any atom is -0.494 e. The Morgan fingerprint density at radius 3 is 2.28 bits per heavy atom. The van der Waals surface area contributed by atoms with Gasteiger partial charge in [-0.05, 0) is 37.6 Å². The first-order valence-corrected chi connectivity index (χ1v) is 13.7. The van der Waals surface area contributed by atoms with Crippen LogP contribution in [0.4, 0.5) is 34.1 Å². The number of carboxylic acid groups (broad SMARTS) is 1. The molecule has 13 heteroatoms. The van der Waals surface area contributed by atoms with Crippen molar-refractivity contribution < 1.29 is 24.7 Å². The fourth-order valence-corrected chi connectivity index (χ4v) is 4.68. The van der Waals surface area contributed by atoms with Gasteiger partial charge >= 0.3 is 5.97 Å². The number of halogens is 1. The van der Waals surface area contributed by atoms with Crippen LogP contribution in [0.5, 0.6) is 5.75 Å². The summed E-state index contributed by atoms with van der Waals surface area (Å²) < 4.78 is 5.51. The van der Waals surface area contributed by atoms with Crippen molar-refractivity contribution in [1.29, 1.82) is 0 Å². The molecule has 0 aliphatic heterocycles. The van der Waals surface area contributed by atoms with E-state index in [-0.39, 0.29) is 29.4 Å². The highest BCUT2D eigenvalue weighted by Gasteiger charge is 2.14. The lowest BCUT2D eigenvalue weighted by Crippen LogP contribution is -2.24. The lowest BCUT2D eigenvalue weighted by Gasteiger charge is -2.25. The van der Waals surface area contributed by atoms with E-state index in [0.717, 1.165) is 16.5 Å². The normalized spacial score (nSPS) is 11.4. The van der Waals surface area contributed by atoms with Crippen molar-refractivity contribution in [1.82, 2.24) is 0 Å². The molecular weight excluding hydrogens is 576 g/mol. The van der Waals surface area contributed by atoms with Gasteiger partial charge in [0.25, 0.3) is 5.69 Å². The highest BCUT2D eigenvalue weighted by Crippen LogP contribution is 2.39. The first kappa shape index (κ1) is 31.0. The number of nitro groups is 1. The second-order valence-electron chi connectivity index (χ2n) is 9.33. The average molecular weight is 605 g/mol. The lowest BCUT2D eigenvalue weighted by atomic mass is 10.1. The van der Waals surface area contributed by atoms with E-state index in [4.69, 9.17) is 21.4 Å². The van der Waals surface area contributed by atoms with Crippen molar-refractivity contribution in [2.45, 2.75) is 26.4 Å². The van der Waals surface area contributed by atoms with E-state index in [0.29, 0.717) is 47.9 Å². The Morgan fingerprint density at radius 2 is 1.63 bits per heavy atom. The van der Waals surface area contributed by atoms with Crippen LogP contribution in [0.3, 0.4) is 0 Å². The minimum atomic E-state index is -0.818. The number of nitrogens with zero attached hydrogens (tertiary/aromatic N) is 6. The number of hydrogen-bond donors (Lipinski definition) is 2. The van der Waals surface area contributed by atoms with Crippen LogP contribution in [0.25, 0.3) is 10.8 Å². The van der Waals surface area contributed by atoms with Gasteiger partial charge in [0, 0.05) is 59.7 Å². The summed E-state index contributed by atoms with van der Waals surface area (Å²) in [6, 6.07) is 18.6. The predicted octanol–water partition coefficient (Wildman–Crippen LogP) is 8.42. The van der Waals surface area contributed by atoms with E-state index in [9.17, 15) is 20.0 Å². The van der Waals surface area contributed by atoms with Crippen molar-refractivity contribution in [3.8, 4) is 5.75 Å². The van der Waals surface area contributed by atoms with Gasteiger partial charge in [0.05, 0.1) is 35.0 Å². The van der Waals surface area contributed by atoms with Gasteiger partial charge in [0.15, 0.2) is 0 Å². The van der Waals surface area contributed by atoms with Gasteiger partial charge in [-0.15, -0.1) is 20.5 Å². The Morgan fingerprint density at radius 1 is 0.953 bits per heavy atom. The molecule has 4 aromatic carbocycles. The standard InChI is InChI=1S/C30H29ClN6O6/c1-3-36(14-6-9-30(39)40)28-13-12-24(21-7-4-5-8-22(21)28)32-35-27-15-19(18-38)26(17-29(27)43-2)34-33-25-11-10-20(37(41)42)16-23(25)31/h4-5,7-8,10-13,15-17,38H,3,6,9,14,18H2,1-2H3,(H,39,40). The Balaban J connectivity index is 1.65. The number of aliphatic hydroxyl groups excluding tert-OH is 1. The van der Waals surface area contributed by atoms with Crippen LogP contribution in [0.1, 0.15) is 25.3 Å². The highest BCUT2D eigenvalue weighted by molar-refractivity contribution is 6.33. The zero-order valence-electron chi connectivity index (χ0n) is 23.5. The molecule has 12 nitrogen and oxygen atoms in total. The SMILES string of the molecule is CCN(CCCC(=O)O)c1ccc(N=Nc2cc(CO)c(N=Nc3ccc([N+](=O)[O-])cc3Cl)cc2OC)c2ccccc12. The fourth-order valence-electron chi connectivity index (χ4n) is 4.47. The molecule has 0 fully saturated rings. The van der Waals surface area contributed by atoms with Crippen LogP contribution in [-0.2, 0) is 11.4 Å². The number of aliphatic hydroxyl groups is 1. The van der Waals surface area contributed by atoms with Crippen LogP contribution in [0.2, 0.25) is 5.02 Å². The molecule has 4 aromatic rings. The molecule has 0 spiro atoms. The Labute approximate surface area is 252 Å². The number of aliphatic carboxylic acids is 1. The number of rotatable bonds is 13. The molecule has 0 amide bonds. The average Bonchev–Trinajstić information content (AvgIpc) is 3.01. The van der Waals surface area contributed by atoms with E-state index < -0.39 is 10.9 Å². The summed E-state index contributed by atoms with van der Waals surface area (Å²) in [5.41, 5.74) is 2.70. The number of hydrogen-bond acceptors (Lipinski definition) is 10. The first-order valence-electron chi connectivity index (χ1n) is 13.3. The summed E-state index contributed by atoms with van der Waals surface area (Å²) in [5.74, 6) is -0.484. The molecule has 43 heavy (non-hydrogen) atoms. The third-order valence-corrected chi connectivity index (χ3v) is 6.95. The quantitative estimate of drug-likeness (QED) is 0.0878. The number of fused-ring (bicyclic) bond motifs is 1. The number of benzene rings is 4. The molecule has 0 saturated heterocycles. The topological polar surface area (TPSA) is 163 Å². The summed E-state index contributed by atoms with van der Waals surface area (Å²) in [6.45, 7) is 2.97. The number of ether oxygens (including phenoxy) is 1. The predicted molar refractivity (Wildman–Crippen MR) is 164 cm³/mol. The maximum Gasteiger partial charge on any atom is 0.303 e. The van der Waals surface area contributed by atoms with Crippen LogP contribution in [0.15, 0.2) is 87.2 Å². The van der Waals surface area contributed by atoms with Gasteiger partial charge < -0.3 is 19.8 Å². The third kappa shape index (κ3) is 7.48. The Hall–Kier alpha value is -4.94. The molecule has 222 valence electrons.